The van der Waals surface area contributed by atoms with E-state index in [0.29, 0.717) is 25.4 Å². The van der Waals surface area contributed by atoms with Crippen molar-refractivity contribution in [1.82, 2.24) is 14.6 Å². The van der Waals surface area contributed by atoms with Gasteiger partial charge in [0.05, 0.1) is 17.6 Å². The van der Waals surface area contributed by atoms with Gasteiger partial charge in [0.25, 0.3) is 5.91 Å². The summed E-state index contributed by atoms with van der Waals surface area (Å²) in [4.78, 5) is 16.7. The Hall–Kier alpha value is -2.45. The summed E-state index contributed by atoms with van der Waals surface area (Å²) in [6.45, 7) is 1.31. The number of piperidine rings is 1. The third-order valence-electron chi connectivity index (χ3n) is 4.54. The molecule has 0 atom stereocenters. The van der Waals surface area contributed by atoms with E-state index in [1.54, 1.807) is 18.5 Å². The zero-order valence-corrected chi connectivity index (χ0v) is 16.0. The van der Waals surface area contributed by atoms with Crippen molar-refractivity contribution >= 4 is 15.9 Å². The molecular weight excluding hydrogens is 366 g/mol. The summed E-state index contributed by atoms with van der Waals surface area (Å²) in [6, 6.07) is 8.04. The summed E-state index contributed by atoms with van der Waals surface area (Å²) in [5.41, 5.74) is 1.04. The van der Waals surface area contributed by atoms with Crippen molar-refractivity contribution in [2.75, 3.05) is 20.2 Å². The van der Waals surface area contributed by atoms with Crippen LogP contribution in [0.2, 0.25) is 0 Å². The lowest BCUT2D eigenvalue weighted by molar-refractivity contribution is 0.0947. The van der Waals surface area contributed by atoms with Gasteiger partial charge in [-0.05, 0) is 42.7 Å². The lowest BCUT2D eigenvalue weighted by Crippen LogP contribution is -2.35. The highest BCUT2D eigenvalue weighted by molar-refractivity contribution is 7.89. The maximum atomic E-state index is 12.9. The fourth-order valence-electron chi connectivity index (χ4n) is 3.06. The minimum atomic E-state index is -3.62. The smallest absolute Gasteiger partial charge is 0.255 e. The minimum Gasteiger partial charge on any atom is -0.496 e. The Morgan fingerprint density at radius 3 is 2.67 bits per heavy atom. The molecule has 144 valence electrons. The average molecular weight is 389 g/mol. The number of aromatic nitrogens is 1. The molecule has 0 unspecified atom stereocenters. The molecule has 1 aromatic carbocycles. The number of benzene rings is 1. The van der Waals surface area contributed by atoms with E-state index in [1.807, 2.05) is 6.07 Å². The quantitative estimate of drug-likeness (QED) is 0.818. The van der Waals surface area contributed by atoms with Crippen molar-refractivity contribution in [3.05, 3.63) is 53.9 Å². The minimum absolute atomic E-state index is 0.108. The van der Waals surface area contributed by atoms with Crippen molar-refractivity contribution in [3.8, 4) is 5.75 Å². The van der Waals surface area contributed by atoms with Crippen LogP contribution in [0.4, 0.5) is 0 Å². The summed E-state index contributed by atoms with van der Waals surface area (Å²) in [6.07, 6.45) is 6.07. The molecule has 7 nitrogen and oxygen atoms in total. The molecule has 27 heavy (non-hydrogen) atoms. The first-order valence-electron chi connectivity index (χ1n) is 8.87. The van der Waals surface area contributed by atoms with Crippen LogP contribution < -0.4 is 10.1 Å². The standard InChI is InChI=1S/C19H23N3O4S/c1-26-18-8-7-16(27(24,25)22-10-3-2-4-11-22)12-17(18)19(23)21-14-15-6-5-9-20-13-15/h5-9,12-13H,2-4,10-11,14H2,1H3,(H,21,23). The van der Waals surface area contributed by atoms with Crippen molar-refractivity contribution in [3.63, 3.8) is 0 Å². The zero-order chi connectivity index (χ0) is 19.3. The molecule has 1 fully saturated rings. The SMILES string of the molecule is COc1ccc(S(=O)(=O)N2CCCCC2)cc1C(=O)NCc1cccnc1. The van der Waals surface area contributed by atoms with Crippen molar-refractivity contribution in [2.45, 2.75) is 30.7 Å². The Labute approximate surface area is 159 Å². The van der Waals surface area contributed by atoms with Crippen LogP contribution in [0, 0.1) is 0 Å². The number of ether oxygens (including phenoxy) is 1. The lowest BCUT2D eigenvalue weighted by Gasteiger charge is -2.26. The van der Waals surface area contributed by atoms with Crippen LogP contribution >= 0.6 is 0 Å². The molecule has 1 aliphatic heterocycles. The van der Waals surface area contributed by atoms with Gasteiger partial charge in [-0.15, -0.1) is 0 Å². The molecule has 1 amide bonds. The first-order chi connectivity index (χ1) is 13.0. The Morgan fingerprint density at radius 2 is 2.00 bits per heavy atom. The topological polar surface area (TPSA) is 88.6 Å². The normalized spacial score (nSPS) is 15.3. The van der Waals surface area contributed by atoms with Crippen LogP contribution in [0.1, 0.15) is 35.2 Å². The number of sulfonamides is 1. The van der Waals surface area contributed by atoms with Gasteiger partial charge in [0.15, 0.2) is 0 Å². The number of pyridine rings is 1. The monoisotopic (exact) mass is 389 g/mol. The number of amides is 1. The molecule has 8 heteroatoms. The number of nitrogens with one attached hydrogen (secondary N) is 1. The van der Waals surface area contributed by atoms with Gasteiger partial charge in [0.1, 0.15) is 5.75 Å². The predicted octanol–water partition coefficient (Wildman–Crippen LogP) is 2.19. The van der Waals surface area contributed by atoms with Gasteiger partial charge in [-0.25, -0.2) is 8.42 Å². The van der Waals surface area contributed by atoms with E-state index in [9.17, 15) is 13.2 Å². The summed E-state index contributed by atoms with van der Waals surface area (Å²) in [7, 11) is -2.17. The van der Waals surface area contributed by atoms with Crippen LogP contribution in [0.25, 0.3) is 0 Å². The van der Waals surface area contributed by atoms with E-state index in [0.717, 1.165) is 24.8 Å². The Morgan fingerprint density at radius 1 is 1.22 bits per heavy atom. The van der Waals surface area contributed by atoms with Crippen molar-refractivity contribution < 1.29 is 17.9 Å². The van der Waals surface area contributed by atoms with Gasteiger partial charge < -0.3 is 10.1 Å². The largest absolute Gasteiger partial charge is 0.496 e. The summed E-state index contributed by atoms with van der Waals surface area (Å²) >= 11 is 0. The number of nitrogens with zero attached hydrogens (tertiary/aromatic N) is 2. The zero-order valence-electron chi connectivity index (χ0n) is 15.2. The molecule has 1 aliphatic rings. The van der Waals surface area contributed by atoms with Crippen molar-refractivity contribution in [1.29, 1.82) is 0 Å². The Bertz CT molecular complexity index is 894. The van der Waals surface area contributed by atoms with Crippen LogP contribution in [-0.2, 0) is 16.6 Å². The Kier molecular flexibility index (Phi) is 6.08. The summed E-state index contributed by atoms with van der Waals surface area (Å²) in [5, 5.41) is 2.78. The second-order valence-electron chi connectivity index (χ2n) is 6.37. The first-order valence-corrected chi connectivity index (χ1v) is 10.3. The lowest BCUT2D eigenvalue weighted by atomic mass is 10.2. The maximum absolute atomic E-state index is 12.9. The van der Waals surface area contributed by atoms with Crippen LogP contribution in [-0.4, -0.2) is 43.8 Å². The molecular formula is C19H23N3O4S. The van der Waals surface area contributed by atoms with Gasteiger partial charge in [-0.1, -0.05) is 12.5 Å². The molecule has 2 aromatic rings. The number of carbonyl (C=O) groups is 1. The number of hydrogen-bond acceptors (Lipinski definition) is 5. The van der Waals surface area contributed by atoms with Gasteiger partial charge in [-0.2, -0.15) is 4.31 Å². The molecule has 3 rings (SSSR count). The maximum Gasteiger partial charge on any atom is 0.255 e. The van der Waals surface area contributed by atoms with Crippen LogP contribution in [0.15, 0.2) is 47.6 Å². The number of methoxy groups -OCH3 is 1. The third kappa shape index (κ3) is 4.45. The van der Waals surface area contributed by atoms with E-state index in [1.165, 1.54) is 29.6 Å². The molecule has 0 bridgehead atoms. The first kappa shape index (κ1) is 19.3. The molecule has 1 aromatic heterocycles. The fraction of sp³-hybridized carbons (Fsp3) is 0.368. The van der Waals surface area contributed by atoms with E-state index < -0.39 is 15.9 Å². The highest BCUT2D eigenvalue weighted by atomic mass is 32.2. The van der Waals surface area contributed by atoms with E-state index in [4.69, 9.17) is 4.74 Å². The summed E-state index contributed by atoms with van der Waals surface area (Å²) < 4.78 is 32.5. The van der Waals surface area contributed by atoms with Crippen molar-refractivity contribution in [2.24, 2.45) is 0 Å². The number of hydrogen-bond donors (Lipinski definition) is 1. The second kappa shape index (κ2) is 8.49. The Balaban J connectivity index is 1.83. The second-order valence-corrected chi connectivity index (χ2v) is 8.31. The fourth-order valence-corrected chi connectivity index (χ4v) is 4.60. The van der Waals surface area contributed by atoms with E-state index in [-0.39, 0.29) is 10.5 Å². The predicted molar refractivity (Wildman–Crippen MR) is 101 cm³/mol. The highest BCUT2D eigenvalue weighted by Crippen LogP contribution is 2.26. The molecule has 0 spiro atoms. The van der Waals surface area contributed by atoms with Gasteiger partial charge in [-0.3, -0.25) is 9.78 Å². The van der Waals surface area contributed by atoms with Gasteiger partial charge in [0.2, 0.25) is 10.0 Å². The van der Waals surface area contributed by atoms with Crippen LogP contribution in [0.3, 0.4) is 0 Å². The molecule has 0 radical (unpaired) electrons. The van der Waals surface area contributed by atoms with E-state index >= 15 is 0 Å². The average Bonchev–Trinajstić information content (AvgIpc) is 2.73. The van der Waals surface area contributed by atoms with Gasteiger partial charge in [0, 0.05) is 32.0 Å². The number of carbonyl (C=O) groups excluding carboxylic acids is 1. The molecule has 2 heterocycles. The van der Waals surface area contributed by atoms with Crippen LogP contribution in [0.5, 0.6) is 5.75 Å². The van der Waals surface area contributed by atoms with Gasteiger partial charge >= 0.3 is 0 Å². The number of rotatable bonds is 6. The molecule has 0 saturated carbocycles. The third-order valence-corrected chi connectivity index (χ3v) is 6.44. The highest BCUT2D eigenvalue weighted by Gasteiger charge is 2.27. The molecule has 1 saturated heterocycles. The molecule has 1 N–H and O–H groups in total. The summed E-state index contributed by atoms with van der Waals surface area (Å²) in [5.74, 6) is -0.0670. The van der Waals surface area contributed by atoms with E-state index in [2.05, 4.69) is 10.3 Å². The molecule has 0 aliphatic carbocycles.